The molecule has 0 unspecified atom stereocenters. The van der Waals surface area contributed by atoms with Crippen molar-refractivity contribution in [2.24, 2.45) is 7.05 Å². The van der Waals surface area contributed by atoms with E-state index < -0.39 is 11.4 Å². The van der Waals surface area contributed by atoms with Crippen molar-refractivity contribution >= 4 is 22.5 Å². The number of aromatic nitrogens is 4. The Morgan fingerprint density at radius 2 is 2.12 bits per heavy atom. The van der Waals surface area contributed by atoms with Gasteiger partial charge >= 0.3 is 0 Å². The zero-order chi connectivity index (χ0) is 24.0. The van der Waals surface area contributed by atoms with E-state index in [0.29, 0.717) is 23.6 Å². The van der Waals surface area contributed by atoms with Gasteiger partial charge in [0.05, 0.1) is 16.6 Å². The highest BCUT2D eigenvalue weighted by Gasteiger charge is 2.40. The van der Waals surface area contributed by atoms with Gasteiger partial charge in [-0.05, 0) is 63.2 Å². The van der Waals surface area contributed by atoms with Gasteiger partial charge in [0.25, 0.3) is 5.91 Å². The molecule has 1 amide bonds. The van der Waals surface area contributed by atoms with Crippen molar-refractivity contribution in [2.45, 2.75) is 25.8 Å². The zero-order valence-electron chi connectivity index (χ0n) is 19.2. The third-order valence-electron chi connectivity index (χ3n) is 6.40. The van der Waals surface area contributed by atoms with Gasteiger partial charge in [-0.1, -0.05) is 0 Å². The summed E-state index contributed by atoms with van der Waals surface area (Å²) < 4.78 is 15.9. The molecule has 0 radical (unpaired) electrons. The predicted octanol–water partition coefficient (Wildman–Crippen LogP) is 3.68. The van der Waals surface area contributed by atoms with E-state index in [-0.39, 0.29) is 17.2 Å². The molecule has 2 aromatic carbocycles. The SMILES string of the molecule is Cc1[nH]c(-c2ccc(C#N)c(F)c2)nc1C(=O)N(c1ccc2nn(C)cc2c1)[C@@]1(C)CCNC1. The molecule has 1 atom stereocenters. The van der Waals surface area contributed by atoms with Crippen molar-refractivity contribution in [1.82, 2.24) is 25.1 Å². The summed E-state index contributed by atoms with van der Waals surface area (Å²) in [7, 11) is 1.87. The number of hydrogen-bond donors (Lipinski definition) is 2. The van der Waals surface area contributed by atoms with Crippen LogP contribution in [0.5, 0.6) is 0 Å². The van der Waals surface area contributed by atoms with Crippen molar-refractivity contribution < 1.29 is 9.18 Å². The second kappa shape index (κ2) is 8.08. The average Bonchev–Trinajstić information content (AvgIpc) is 3.51. The highest BCUT2D eigenvalue weighted by atomic mass is 19.1. The molecule has 8 nitrogen and oxygen atoms in total. The smallest absolute Gasteiger partial charge is 0.279 e. The Labute approximate surface area is 196 Å². The number of hydrogen-bond acceptors (Lipinski definition) is 5. The normalized spacial score (nSPS) is 17.7. The number of amides is 1. The molecule has 0 aliphatic carbocycles. The van der Waals surface area contributed by atoms with E-state index in [9.17, 15) is 9.18 Å². The highest BCUT2D eigenvalue weighted by molar-refractivity contribution is 6.07. The van der Waals surface area contributed by atoms with Crippen LogP contribution in [0.3, 0.4) is 0 Å². The fourth-order valence-electron chi connectivity index (χ4n) is 4.61. The molecule has 0 saturated carbocycles. The first kappa shape index (κ1) is 21.8. The van der Waals surface area contributed by atoms with E-state index in [0.717, 1.165) is 29.6 Å². The lowest BCUT2D eigenvalue weighted by Crippen LogP contribution is -2.52. The standard InChI is InChI=1S/C25H24FN7O/c1-15-22(30-23(29-15)16-4-5-17(12-27)20(26)11-16)24(34)33(25(2)8-9-28-14-25)19-6-7-21-18(10-19)13-32(3)31-21/h4-7,10-11,13,28H,8-9,14H2,1-3H3,(H,29,30)/t25-/m0/s1. The monoisotopic (exact) mass is 457 g/mol. The van der Waals surface area contributed by atoms with E-state index in [1.165, 1.54) is 12.1 Å². The number of carbonyl (C=O) groups excluding carboxylic acids is 1. The quantitative estimate of drug-likeness (QED) is 0.487. The number of aryl methyl sites for hydroxylation is 2. The molecule has 34 heavy (non-hydrogen) atoms. The van der Waals surface area contributed by atoms with Gasteiger partial charge in [-0.25, -0.2) is 9.37 Å². The Morgan fingerprint density at radius 3 is 2.82 bits per heavy atom. The van der Waals surface area contributed by atoms with E-state index in [1.54, 1.807) is 17.7 Å². The number of nitriles is 1. The molecule has 0 bridgehead atoms. The highest BCUT2D eigenvalue weighted by Crippen LogP contribution is 2.33. The minimum Gasteiger partial charge on any atom is -0.341 e. The molecule has 5 rings (SSSR count). The predicted molar refractivity (Wildman–Crippen MR) is 127 cm³/mol. The maximum absolute atomic E-state index is 14.2. The number of imidazole rings is 1. The van der Waals surface area contributed by atoms with Gasteiger partial charge in [-0.15, -0.1) is 0 Å². The molecule has 2 N–H and O–H groups in total. The number of anilines is 1. The van der Waals surface area contributed by atoms with Crippen LogP contribution in [0.1, 0.15) is 35.1 Å². The minimum absolute atomic E-state index is 0.0399. The molecule has 1 aliphatic heterocycles. The van der Waals surface area contributed by atoms with Gasteiger partial charge in [0.15, 0.2) is 0 Å². The first-order chi connectivity index (χ1) is 16.3. The summed E-state index contributed by atoms with van der Waals surface area (Å²) in [6.45, 7) is 5.31. The molecule has 0 spiro atoms. The van der Waals surface area contributed by atoms with Gasteiger partial charge in [0, 0.05) is 42.1 Å². The van der Waals surface area contributed by atoms with Crippen molar-refractivity contribution in [3.63, 3.8) is 0 Å². The molecule has 9 heteroatoms. The van der Waals surface area contributed by atoms with Gasteiger partial charge in [0.2, 0.25) is 0 Å². The summed E-state index contributed by atoms with van der Waals surface area (Å²) in [5.41, 5.74) is 2.47. The van der Waals surface area contributed by atoms with Crippen LogP contribution in [0, 0.1) is 24.1 Å². The van der Waals surface area contributed by atoms with Gasteiger partial charge < -0.3 is 10.3 Å². The third-order valence-corrected chi connectivity index (χ3v) is 6.40. The van der Waals surface area contributed by atoms with Crippen LogP contribution in [-0.2, 0) is 7.05 Å². The van der Waals surface area contributed by atoms with Crippen LogP contribution in [0.25, 0.3) is 22.3 Å². The number of carbonyl (C=O) groups is 1. The summed E-state index contributed by atoms with van der Waals surface area (Å²) in [6.07, 6.45) is 2.72. The molecule has 172 valence electrons. The van der Waals surface area contributed by atoms with Crippen molar-refractivity contribution in [3.05, 3.63) is 65.4 Å². The van der Waals surface area contributed by atoms with E-state index >= 15 is 0 Å². The van der Waals surface area contributed by atoms with Gasteiger partial charge in [-0.2, -0.15) is 10.4 Å². The lowest BCUT2D eigenvalue weighted by Gasteiger charge is -2.38. The van der Waals surface area contributed by atoms with Crippen molar-refractivity contribution in [1.29, 1.82) is 5.26 Å². The second-order valence-corrected chi connectivity index (χ2v) is 8.98. The largest absolute Gasteiger partial charge is 0.341 e. The van der Waals surface area contributed by atoms with E-state index in [1.807, 2.05) is 42.4 Å². The Bertz CT molecular complexity index is 1460. The first-order valence-electron chi connectivity index (χ1n) is 11.0. The minimum atomic E-state index is -0.627. The Morgan fingerprint density at radius 1 is 1.29 bits per heavy atom. The molecular formula is C25H24FN7O. The van der Waals surface area contributed by atoms with E-state index in [4.69, 9.17) is 5.26 Å². The number of aromatic amines is 1. The molecule has 4 aromatic rings. The lowest BCUT2D eigenvalue weighted by atomic mass is 9.96. The number of fused-ring (bicyclic) bond motifs is 1. The molecular weight excluding hydrogens is 433 g/mol. The Balaban J connectivity index is 1.58. The number of halogens is 1. The fraction of sp³-hybridized carbons (Fsp3) is 0.280. The first-order valence-corrected chi connectivity index (χ1v) is 11.0. The second-order valence-electron chi connectivity index (χ2n) is 8.98. The third kappa shape index (κ3) is 3.62. The van der Waals surface area contributed by atoms with Crippen molar-refractivity contribution in [3.8, 4) is 17.5 Å². The van der Waals surface area contributed by atoms with E-state index in [2.05, 4.69) is 27.3 Å². The molecule has 1 aliphatic rings. The zero-order valence-corrected chi connectivity index (χ0v) is 19.2. The summed E-state index contributed by atoms with van der Waals surface area (Å²) in [6, 6.07) is 11.9. The Kier molecular flexibility index (Phi) is 5.18. The van der Waals surface area contributed by atoms with Crippen molar-refractivity contribution in [2.75, 3.05) is 18.0 Å². The molecule has 1 saturated heterocycles. The van der Waals surface area contributed by atoms with Crippen LogP contribution in [-0.4, -0.2) is 44.3 Å². The van der Waals surface area contributed by atoms with Gasteiger partial charge in [-0.3, -0.25) is 14.4 Å². The molecule has 2 aromatic heterocycles. The average molecular weight is 458 g/mol. The Hall–Kier alpha value is -4.03. The van der Waals surface area contributed by atoms with Crippen LogP contribution >= 0.6 is 0 Å². The topological polar surface area (TPSA) is 103 Å². The molecule has 1 fully saturated rings. The number of H-pyrrole nitrogens is 1. The molecule has 3 heterocycles. The lowest BCUT2D eigenvalue weighted by molar-refractivity contribution is 0.0957. The number of benzene rings is 2. The summed E-state index contributed by atoms with van der Waals surface area (Å²) in [4.78, 5) is 23.5. The van der Waals surface area contributed by atoms with Crippen LogP contribution in [0.15, 0.2) is 42.6 Å². The summed E-state index contributed by atoms with van der Waals surface area (Å²) >= 11 is 0. The number of nitrogens with one attached hydrogen (secondary N) is 2. The maximum atomic E-state index is 14.2. The van der Waals surface area contributed by atoms with Crippen LogP contribution in [0.2, 0.25) is 0 Å². The number of nitrogens with zero attached hydrogens (tertiary/aromatic N) is 5. The summed E-state index contributed by atoms with van der Waals surface area (Å²) in [5, 5.41) is 17.7. The van der Waals surface area contributed by atoms with Crippen LogP contribution in [0.4, 0.5) is 10.1 Å². The maximum Gasteiger partial charge on any atom is 0.279 e. The fourth-order valence-corrected chi connectivity index (χ4v) is 4.61. The van der Waals surface area contributed by atoms with Crippen LogP contribution < -0.4 is 10.2 Å². The van der Waals surface area contributed by atoms with Gasteiger partial charge in [0.1, 0.15) is 23.4 Å². The summed E-state index contributed by atoms with van der Waals surface area (Å²) in [5.74, 6) is -0.483. The number of rotatable bonds is 4.